The molecule has 0 spiro atoms. The van der Waals surface area contributed by atoms with Crippen molar-refractivity contribution in [2.75, 3.05) is 32.8 Å². The van der Waals surface area contributed by atoms with E-state index in [0.717, 1.165) is 42.8 Å². The zero-order valence-corrected chi connectivity index (χ0v) is 16.7. The van der Waals surface area contributed by atoms with E-state index in [9.17, 15) is 14.7 Å². The monoisotopic (exact) mass is 402 g/mol. The quantitative estimate of drug-likeness (QED) is 0.682. The molecule has 0 amide bonds. The van der Waals surface area contributed by atoms with Crippen LogP contribution in [0, 0.1) is 18.8 Å². The van der Waals surface area contributed by atoms with Crippen LogP contribution in [-0.2, 0) is 4.74 Å². The highest BCUT2D eigenvalue weighted by atomic mass is 16.5. The van der Waals surface area contributed by atoms with E-state index in [2.05, 4.69) is 16.7 Å². The second-order valence-electron chi connectivity index (χ2n) is 7.29. The Hall–Kier alpha value is -3.40. The maximum Gasteiger partial charge on any atom is 0.335 e. The largest absolute Gasteiger partial charge is 0.478 e. The van der Waals surface area contributed by atoms with Crippen LogP contribution in [0.25, 0.3) is 16.5 Å². The molecule has 0 unspecified atom stereocenters. The van der Waals surface area contributed by atoms with Gasteiger partial charge in [0, 0.05) is 30.2 Å². The second kappa shape index (κ2) is 8.54. The van der Waals surface area contributed by atoms with Gasteiger partial charge in [-0.1, -0.05) is 24.0 Å². The number of hydrogen-bond donors (Lipinski definition) is 1. The summed E-state index contributed by atoms with van der Waals surface area (Å²) in [6.07, 6.45) is 1.68. The van der Waals surface area contributed by atoms with Gasteiger partial charge < -0.3 is 9.84 Å². The predicted octanol–water partition coefficient (Wildman–Crippen LogP) is 2.68. The summed E-state index contributed by atoms with van der Waals surface area (Å²) in [6, 6.07) is 12.2. The Labute approximate surface area is 174 Å². The summed E-state index contributed by atoms with van der Waals surface area (Å²) < 4.78 is 6.84. The van der Waals surface area contributed by atoms with E-state index in [1.807, 2.05) is 25.1 Å². The average Bonchev–Trinajstić information content (AvgIpc) is 2.75. The first-order valence-electron chi connectivity index (χ1n) is 9.81. The summed E-state index contributed by atoms with van der Waals surface area (Å²) in [5.41, 5.74) is 2.11. The summed E-state index contributed by atoms with van der Waals surface area (Å²) in [5, 5.41) is 10.7. The lowest BCUT2D eigenvalue weighted by Crippen LogP contribution is -2.36. The molecule has 0 aliphatic carbocycles. The van der Waals surface area contributed by atoms with E-state index >= 15 is 0 Å². The molecule has 1 saturated heterocycles. The number of aryl methyl sites for hydroxylation is 1. The van der Waals surface area contributed by atoms with Gasteiger partial charge in [0.15, 0.2) is 0 Å². The zero-order valence-electron chi connectivity index (χ0n) is 16.7. The zero-order chi connectivity index (χ0) is 21.1. The number of benzene rings is 2. The highest BCUT2D eigenvalue weighted by Crippen LogP contribution is 2.18. The van der Waals surface area contributed by atoms with E-state index in [0.29, 0.717) is 17.6 Å². The summed E-state index contributed by atoms with van der Waals surface area (Å²) in [7, 11) is 0. The van der Waals surface area contributed by atoms with Crippen molar-refractivity contribution in [1.82, 2.24) is 9.47 Å². The Balaban J connectivity index is 1.69. The highest BCUT2D eigenvalue weighted by Gasteiger charge is 2.11. The lowest BCUT2D eigenvalue weighted by molar-refractivity contribution is 0.0443. The lowest BCUT2D eigenvalue weighted by Gasteiger charge is -2.24. The van der Waals surface area contributed by atoms with Crippen LogP contribution in [0.1, 0.15) is 21.5 Å². The first kappa shape index (κ1) is 19.9. The normalized spacial score (nSPS) is 14.3. The fraction of sp³-hybridized carbons (Fsp3) is 0.250. The molecule has 152 valence electrons. The Morgan fingerprint density at radius 1 is 1.13 bits per heavy atom. The smallest absolute Gasteiger partial charge is 0.335 e. The van der Waals surface area contributed by atoms with Crippen LogP contribution in [0.2, 0.25) is 0 Å². The van der Waals surface area contributed by atoms with Gasteiger partial charge in [-0.15, -0.1) is 0 Å². The molecule has 1 aliphatic rings. The number of aromatic nitrogens is 1. The van der Waals surface area contributed by atoms with Gasteiger partial charge in [-0.05, 0) is 48.2 Å². The Morgan fingerprint density at radius 3 is 2.70 bits per heavy atom. The third kappa shape index (κ3) is 4.13. The first-order valence-corrected chi connectivity index (χ1v) is 9.81. The van der Waals surface area contributed by atoms with E-state index in [1.165, 1.54) is 16.7 Å². The molecule has 1 N–H and O–H groups in total. The first-order chi connectivity index (χ1) is 14.5. The number of rotatable bonds is 3. The van der Waals surface area contributed by atoms with Gasteiger partial charge in [-0.25, -0.2) is 4.79 Å². The molecule has 0 atom stereocenters. The topological polar surface area (TPSA) is 71.8 Å². The fourth-order valence-electron chi connectivity index (χ4n) is 3.52. The minimum Gasteiger partial charge on any atom is -0.478 e. The van der Waals surface area contributed by atoms with Crippen LogP contribution in [0.4, 0.5) is 0 Å². The number of morpholine rings is 1. The van der Waals surface area contributed by atoms with Crippen molar-refractivity contribution in [1.29, 1.82) is 0 Å². The maximum absolute atomic E-state index is 13.2. The molecule has 3 aromatic rings. The lowest BCUT2D eigenvalue weighted by atomic mass is 10.1. The molecule has 2 heterocycles. The summed E-state index contributed by atoms with van der Waals surface area (Å²) in [4.78, 5) is 26.8. The van der Waals surface area contributed by atoms with Crippen molar-refractivity contribution in [3.8, 4) is 17.5 Å². The Morgan fingerprint density at radius 2 is 1.93 bits per heavy atom. The van der Waals surface area contributed by atoms with Crippen LogP contribution in [0.15, 0.2) is 53.5 Å². The molecule has 6 nitrogen and oxygen atoms in total. The van der Waals surface area contributed by atoms with Crippen molar-refractivity contribution in [2.24, 2.45) is 0 Å². The third-order valence-electron chi connectivity index (χ3n) is 5.26. The highest BCUT2D eigenvalue weighted by molar-refractivity contribution is 5.88. The average molecular weight is 402 g/mol. The van der Waals surface area contributed by atoms with E-state index < -0.39 is 5.97 Å². The van der Waals surface area contributed by atoms with Gasteiger partial charge in [0.25, 0.3) is 5.56 Å². The second-order valence-corrected chi connectivity index (χ2v) is 7.29. The minimum atomic E-state index is -1.03. The van der Waals surface area contributed by atoms with Crippen molar-refractivity contribution >= 4 is 16.7 Å². The van der Waals surface area contributed by atoms with E-state index in [1.54, 1.807) is 18.3 Å². The maximum atomic E-state index is 13.2. The van der Waals surface area contributed by atoms with Crippen LogP contribution in [0.3, 0.4) is 0 Å². The van der Waals surface area contributed by atoms with Gasteiger partial charge >= 0.3 is 5.97 Å². The number of hydrogen-bond acceptors (Lipinski definition) is 4. The number of pyridine rings is 1. The number of aromatic carboxylic acids is 1. The van der Waals surface area contributed by atoms with Crippen molar-refractivity contribution in [3.05, 3.63) is 75.7 Å². The fourth-order valence-corrected chi connectivity index (χ4v) is 3.52. The van der Waals surface area contributed by atoms with Crippen LogP contribution >= 0.6 is 0 Å². The van der Waals surface area contributed by atoms with Gasteiger partial charge in [0.2, 0.25) is 0 Å². The van der Waals surface area contributed by atoms with Crippen molar-refractivity contribution < 1.29 is 14.6 Å². The molecule has 0 radical (unpaired) electrons. The number of fused-ring (bicyclic) bond motifs is 1. The minimum absolute atomic E-state index is 0.144. The number of carboxylic acid groups (broad SMARTS) is 1. The standard InChI is InChI=1S/C24H22N2O4/c1-17-4-6-20(24(28)29)16-22(17)26-10-8-19-7-5-18(15-21(19)23(26)27)3-2-9-25-11-13-30-14-12-25/h4-8,10,15-16H,9,11-14H2,1H3,(H,28,29). The van der Waals surface area contributed by atoms with Crippen LogP contribution in [-0.4, -0.2) is 53.4 Å². The molecule has 30 heavy (non-hydrogen) atoms. The molecule has 2 aromatic carbocycles. The molecule has 4 rings (SSSR count). The number of carboxylic acids is 1. The van der Waals surface area contributed by atoms with Crippen molar-refractivity contribution in [3.63, 3.8) is 0 Å². The molecular weight excluding hydrogens is 380 g/mol. The number of ether oxygens (including phenoxy) is 1. The van der Waals surface area contributed by atoms with Gasteiger partial charge in [-0.2, -0.15) is 0 Å². The Bertz CT molecular complexity index is 1230. The van der Waals surface area contributed by atoms with Crippen LogP contribution < -0.4 is 5.56 Å². The SMILES string of the molecule is Cc1ccc(C(=O)O)cc1-n1ccc2ccc(C#CCN3CCOCC3)cc2c1=O. The molecule has 1 aliphatic heterocycles. The van der Waals surface area contributed by atoms with Crippen molar-refractivity contribution in [2.45, 2.75) is 6.92 Å². The summed E-state index contributed by atoms with van der Waals surface area (Å²) in [6.45, 7) is 5.75. The number of nitrogens with zero attached hydrogens (tertiary/aromatic N) is 2. The molecule has 0 saturated carbocycles. The predicted molar refractivity (Wildman–Crippen MR) is 115 cm³/mol. The molecular formula is C24H22N2O4. The Kier molecular flexibility index (Phi) is 5.66. The van der Waals surface area contributed by atoms with Gasteiger partial charge in [0.1, 0.15) is 0 Å². The number of carbonyl (C=O) groups is 1. The van der Waals surface area contributed by atoms with E-state index in [4.69, 9.17) is 4.74 Å². The molecule has 6 heteroatoms. The molecule has 1 aromatic heterocycles. The molecule has 0 bridgehead atoms. The van der Waals surface area contributed by atoms with Gasteiger partial charge in [0.05, 0.1) is 31.0 Å². The van der Waals surface area contributed by atoms with Crippen LogP contribution in [0.5, 0.6) is 0 Å². The summed E-state index contributed by atoms with van der Waals surface area (Å²) in [5.74, 6) is 5.30. The van der Waals surface area contributed by atoms with E-state index in [-0.39, 0.29) is 11.1 Å². The summed E-state index contributed by atoms with van der Waals surface area (Å²) >= 11 is 0. The van der Waals surface area contributed by atoms with Gasteiger partial charge in [-0.3, -0.25) is 14.3 Å². The molecule has 1 fully saturated rings. The third-order valence-corrected chi connectivity index (χ3v) is 5.26.